The first kappa shape index (κ1) is 38.5. The fourth-order valence-electron chi connectivity index (χ4n) is 7.01. The van der Waals surface area contributed by atoms with Gasteiger partial charge in [-0.1, -0.05) is 37.8 Å². The van der Waals surface area contributed by atoms with Gasteiger partial charge < -0.3 is 30.2 Å². The van der Waals surface area contributed by atoms with Crippen molar-refractivity contribution in [1.29, 1.82) is 0 Å². The maximum absolute atomic E-state index is 14.4. The largest absolute Gasteiger partial charge is 0.493 e. The number of carbonyl (C=O) groups excluding carboxylic acids is 4. The van der Waals surface area contributed by atoms with Gasteiger partial charge in [-0.15, -0.1) is 11.3 Å². The van der Waals surface area contributed by atoms with Gasteiger partial charge >= 0.3 is 12.1 Å². The summed E-state index contributed by atoms with van der Waals surface area (Å²) >= 11 is 1.57. The maximum atomic E-state index is 14.4. The molecule has 11 nitrogen and oxygen atoms in total. The zero-order chi connectivity index (χ0) is 38.6. The van der Waals surface area contributed by atoms with Gasteiger partial charge in [0, 0.05) is 51.3 Å². The molecule has 1 aliphatic heterocycles. The Bertz CT molecular complexity index is 2070. The summed E-state index contributed by atoms with van der Waals surface area (Å²) in [6.45, 7) is 10.0. The number of esters is 1. The fraction of sp³-hybridized carbons (Fsp3) is 0.405. The molecule has 0 radical (unpaired) electrons. The summed E-state index contributed by atoms with van der Waals surface area (Å²) in [6.07, 6.45) is 6.25. The quantitative estimate of drug-likeness (QED) is 0.120. The summed E-state index contributed by atoms with van der Waals surface area (Å²) in [7, 11) is 1.26. The molecule has 3 amide bonds. The van der Waals surface area contributed by atoms with Crippen molar-refractivity contribution in [1.82, 2.24) is 15.6 Å². The van der Waals surface area contributed by atoms with Crippen LogP contribution >= 0.6 is 11.3 Å². The average molecular weight is 753 g/mol. The number of amides is 3. The maximum Gasteiger partial charge on any atom is 0.407 e. The second kappa shape index (κ2) is 16.0. The van der Waals surface area contributed by atoms with E-state index in [1.807, 2.05) is 24.4 Å². The molecule has 12 heteroatoms. The van der Waals surface area contributed by atoms with Crippen molar-refractivity contribution in [3.63, 3.8) is 0 Å². The molecule has 4 aromatic rings. The van der Waals surface area contributed by atoms with Gasteiger partial charge in [0.15, 0.2) is 5.69 Å². The molecule has 284 valence electrons. The Labute approximate surface area is 320 Å². The van der Waals surface area contributed by atoms with E-state index in [1.54, 1.807) is 62.4 Å². The number of aromatic nitrogens is 1. The molecule has 1 saturated carbocycles. The average Bonchev–Trinajstić information content (AvgIpc) is 3.39. The topological polar surface area (TPSA) is 145 Å². The third kappa shape index (κ3) is 8.93. The van der Waals surface area contributed by atoms with E-state index in [4.69, 9.17) is 14.2 Å². The van der Waals surface area contributed by atoms with Gasteiger partial charge in [0.05, 0.1) is 13.7 Å². The fourth-order valence-corrected chi connectivity index (χ4v) is 7.98. The number of benzene rings is 2. The molecule has 2 aromatic heterocycles. The van der Waals surface area contributed by atoms with E-state index in [-0.39, 0.29) is 34.9 Å². The molecule has 0 spiro atoms. The third-order valence-electron chi connectivity index (χ3n) is 9.78. The molecular formula is C42H48N4O7S. The number of hydrogen-bond acceptors (Lipinski definition) is 9. The number of alkyl carbamates (subject to hydrolysis) is 1. The number of hydrogen-bond donors (Lipinski definition) is 3. The van der Waals surface area contributed by atoms with Crippen LogP contribution < -0.4 is 20.7 Å². The Kier molecular flexibility index (Phi) is 11.4. The van der Waals surface area contributed by atoms with Crippen molar-refractivity contribution in [3.05, 3.63) is 87.6 Å². The van der Waals surface area contributed by atoms with E-state index in [9.17, 15) is 19.2 Å². The molecule has 0 atom stereocenters. The predicted octanol–water partition coefficient (Wildman–Crippen LogP) is 8.63. The van der Waals surface area contributed by atoms with Crippen molar-refractivity contribution in [2.24, 2.45) is 0 Å². The highest BCUT2D eigenvalue weighted by Crippen LogP contribution is 2.43. The minimum atomic E-state index is -0.741. The van der Waals surface area contributed by atoms with Crippen LogP contribution in [0.4, 0.5) is 10.5 Å². The highest BCUT2D eigenvalue weighted by Gasteiger charge is 2.31. The molecule has 0 unspecified atom stereocenters. The minimum Gasteiger partial charge on any atom is -0.493 e. The van der Waals surface area contributed by atoms with E-state index >= 15 is 0 Å². The van der Waals surface area contributed by atoms with Gasteiger partial charge in [0.1, 0.15) is 17.0 Å². The number of ether oxygens (including phenoxy) is 3. The van der Waals surface area contributed by atoms with Crippen molar-refractivity contribution in [3.8, 4) is 27.3 Å². The summed E-state index contributed by atoms with van der Waals surface area (Å²) in [4.78, 5) is 59.2. The number of carbonyl (C=O) groups is 4. The Balaban J connectivity index is 1.36. The van der Waals surface area contributed by atoms with Crippen LogP contribution in [-0.4, -0.2) is 53.7 Å². The van der Waals surface area contributed by atoms with Crippen molar-refractivity contribution >= 4 is 40.9 Å². The van der Waals surface area contributed by atoms with E-state index in [1.165, 1.54) is 7.11 Å². The predicted molar refractivity (Wildman–Crippen MR) is 209 cm³/mol. The number of anilines is 1. The second-order valence-corrected chi connectivity index (χ2v) is 16.2. The molecular weight excluding hydrogens is 705 g/mol. The molecule has 54 heavy (non-hydrogen) atoms. The van der Waals surface area contributed by atoms with Crippen molar-refractivity contribution in [2.45, 2.75) is 97.2 Å². The Hall–Kier alpha value is -5.23. The Morgan fingerprint density at radius 1 is 0.926 bits per heavy atom. The third-order valence-corrected chi connectivity index (χ3v) is 10.8. The normalized spacial score (nSPS) is 14.9. The molecule has 6 rings (SSSR count). The van der Waals surface area contributed by atoms with Crippen LogP contribution in [0.2, 0.25) is 0 Å². The summed E-state index contributed by atoms with van der Waals surface area (Å²) in [5.74, 6) is -0.962. The number of aryl methyl sites for hydroxylation is 1. The van der Waals surface area contributed by atoms with E-state index < -0.39 is 23.6 Å². The minimum absolute atomic E-state index is 0.0849. The zero-order valence-electron chi connectivity index (χ0n) is 31.8. The van der Waals surface area contributed by atoms with Crippen LogP contribution in [0.25, 0.3) is 21.6 Å². The van der Waals surface area contributed by atoms with Crippen LogP contribution in [0.5, 0.6) is 5.75 Å². The van der Waals surface area contributed by atoms with Crippen LogP contribution in [0.1, 0.15) is 114 Å². The molecule has 3 heterocycles. The van der Waals surface area contributed by atoms with Crippen molar-refractivity contribution in [2.75, 3.05) is 19.0 Å². The summed E-state index contributed by atoms with van der Waals surface area (Å²) in [5.41, 5.74) is 4.09. The smallest absolute Gasteiger partial charge is 0.407 e. The lowest BCUT2D eigenvalue weighted by atomic mass is 9.92. The lowest BCUT2D eigenvalue weighted by molar-refractivity contribution is 0.0521. The SMILES string of the molecule is COC(=O)c1nc(C(=O)NC2(C)CCCCCC2)ccc1-c1cc2c(cc1C(=O)Nc1ccc(CNC(=O)OC(C)(C)C)cc1C)-c1sccc1CCO2. The van der Waals surface area contributed by atoms with Gasteiger partial charge in [0.2, 0.25) is 0 Å². The van der Waals surface area contributed by atoms with Gasteiger partial charge in [0.25, 0.3) is 11.8 Å². The van der Waals surface area contributed by atoms with Crippen LogP contribution in [-0.2, 0) is 22.4 Å². The highest BCUT2D eigenvalue weighted by molar-refractivity contribution is 7.13. The number of methoxy groups -OCH3 is 1. The molecule has 1 aliphatic carbocycles. The zero-order valence-corrected chi connectivity index (χ0v) is 32.6. The summed E-state index contributed by atoms with van der Waals surface area (Å²) < 4.78 is 16.8. The Morgan fingerprint density at radius 2 is 1.69 bits per heavy atom. The molecule has 2 aliphatic rings. The van der Waals surface area contributed by atoms with Crippen molar-refractivity contribution < 1.29 is 33.4 Å². The van der Waals surface area contributed by atoms with Gasteiger partial charge in [-0.3, -0.25) is 9.59 Å². The monoisotopic (exact) mass is 752 g/mol. The van der Waals surface area contributed by atoms with Crippen LogP contribution in [0, 0.1) is 6.92 Å². The number of fused-ring (bicyclic) bond motifs is 3. The lowest BCUT2D eigenvalue weighted by Crippen LogP contribution is -2.45. The van der Waals surface area contributed by atoms with Gasteiger partial charge in [-0.05, 0) is 106 Å². The van der Waals surface area contributed by atoms with E-state index in [0.29, 0.717) is 35.6 Å². The molecule has 0 saturated heterocycles. The summed E-state index contributed by atoms with van der Waals surface area (Å²) in [6, 6.07) is 14.3. The number of nitrogens with zero attached hydrogens (tertiary/aromatic N) is 1. The molecule has 1 fully saturated rings. The second-order valence-electron chi connectivity index (χ2n) is 15.2. The highest BCUT2D eigenvalue weighted by atomic mass is 32.1. The molecule has 2 aromatic carbocycles. The number of pyridine rings is 1. The molecule has 3 N–H and O–H groups in total. The first-order chi connectivity index (χ1) is 25.7. The molecule has 0 bridgehead atoms. The van der Waals surface area contributed by atoms with Crippen LogP contribution in [0.15, 0.2) is 53.9 Å². The van der Waals surface area contributed by atoms with Gasteiger partial charge in [-0.25, -0.2) is 14.6 Å². The summed E-state index contributed by atoms with van der Waals surface area (Å²) in [5, 5.41) is 11.0. The first-order valence-corrected chi connectivity index (χ1v) is 19.3. The van der Waals surface area contributed by atoms with E-state index in [0.717, 1.165) is 65.7 Å². The number of rotatable bonds is 8. The van der Waals surface area contributed by atoms with Gasteiger partial charge in [-0.2, -0.15) is 0 Å². The lowest BCUT2D eigenvalue weighted by Gasteiger charge is -2.29. The number of nitrogens with one attached hydrogen (secondary N) is 3. The van der Waals surface area contributed by atoms with E-state index in [2.05, 4.69) is 33.9 Å². The Morgan fingerprint density at radius 3 is 2.39 bits per heavy atom. The first-order valence-electron chi connectivity index (χ1n) is 18.4. The standard InChI is InChI=1S/C42H48N4O7S/c1-25-21-26(24-43-40(50)53-41(2,3)4)11-13-32(25)45-37(47)30-22-31-34(52-19-15-27-16-20-54-36(27)31)23-29(30)28-12-14-33(44-35(28)39(49)51-6)38(48)46-42(5)17-9-7-8-10-18-42/h11-14,16,20-23H,7-10,15,17-19,24H2,1-6H3,(H,43,50)(H,45,47)(H,46,48). The van der Waals surface area contributed by atoms with Crippen LogP contribution in [0.3, 0.4) is 0 Å². The number of thiophene rings is 1.